The Balaban J connectivity index is 1.37. The number of anilines is 1. The highest BCUT2D eigenvalue weighted by Gasteiger charge is 2.17. The lowest BCUT2D eigenvalue weighted by Gasteiger charge is -2.31. The van der Waals surface area contributed by atoms with Crippen molar-refractivity contribution >= 4 is 33.1 Å². The van der Waals surface area contributed by atoms with Crippen LogP contribution in [0.2, 0.25) is 0 Å². The molecule has 0 radical (unpaired) electrons. The first kappa shape index (κ1) is 18.0. The summed E-state index contributed by atoms with van der Waals surface area (Å²) in [5.74, 6) is -0.0262. The average Bonchev–Trinajstić information content (AvgIpc) is 3.23. The second kappa shape index (κ2) is 7.32. The van der Waals surface area contributed by atoms with Crippen molar-refractivity contribution in [3.63, 3.8) is 0 Å². The fourth-order valence-electron chi connectivity index (χ4n) is 3.56. The van der Waals surface area contributed by atoms with Crippen molar-refractivity contribution in [2.24, 2.45) is 7.05 Å². The van der Waals surface area contributed by atoms with E-state index in [1.54, 1.807) is 4.90 Å². The summed E-state index contributed by atoms with van der Waals surface area (Å²) in [4.78, 5) is 18.3. The van der Waals surface area contributed by atoms with Crippen molar-refractivity contribution in [1.82, 2.24) is 15.1 Å². The van der Waals surface area contributed by atoms with E-state index >= 15 is 0 Å². The number of fused-ring (bicyclic) bond motifs is 1. The number of quaternary nitrogens is 1. The minimum atomic E-state index is -0.0262. The van der Waals surface area contributed by atoms with Gasteiger partial charge in [0.1, 0.15) is 4.83 Å². The van der Waals surface area contributed by atoms with Gasteiger partial charge in [-0.1, -0.05) is 12.1 Å². The summed E-state index contributed by atoms with van der Waals surface area (Å²) in [5.41, 5.74) is 3.35. The number of thiophene rings is 1. The Morgan fingerprint density at radius 1 is 1.26 bits per heavy atom. The van der Waals surface area contributed by atoms with Crippen LogP contribution in [0.25, 0.3) is 10.2 Å². The summed E-state index contributed by atoms with van der Waals surface area (Å²) in [7, 11) is 4.16. The molecule has 1 saturated heterocycles. The maximum Gasteiger partial charge on any atom is 0.261 e. The van der Waals surface area contributed by atoms with Crippen molar-refractivity contribution in [3.05, 3.63) is 46.5 Å². The van der Waals surface area contributed by atoms with Crippen LogP contribution in [0.1, 0.15) is 20.9 Å². The number of piperazine rings is 1. The second-order valence-corrected chi connectivity index (χ2v) is 8.36. The van der Waals surface area contributed by atoms with E-state index in [0.717, 1.165) is 39.4 Å². The van der Waals surface area contributed by atoms with Crippen LogP contribution in [0.3, 0.4) is 0 Å². The third-order valence-corrected chi connectivity index (χ3v) is 6.49. The Morgan fingerprint density at radius 2 is 1.96 bits per heavy atom. The molecule has 6 nitrogen and oxygen atoms in total. The summed E-state index contributed by atoms with van der Waals surface area (Å²) in [5, 5.41) is 8.48. The largest absolute Gasteiger partial charge is 0.360 e. The van der Waals surface area contributed by atoms with Gasteiger partial charge in [0, 0.05) is 24.7 Å². The number of amides is 1. The molecular formula is C20H26N5OS+. The predicted octanol–water partition coefficient (Wildman–Crippen LogP) is 1.21. The van der Waals surface area contributed by atoms with Gasteiger partial charge in [-0.3, -0.25) is 9.48 Å². The second-order valence-electron chi connectivity index (χ2n) is 7.33. The van der Waals surface area contributed by atoms with E-state index in [9.17, 15) is 4.79 Å². The van der Waals surface area contributed by atoms with Crippen molar-refractivity contribution in [1.29, 1.82) is 0 Å². The van der Waals surface area contributed by atoms with Crippen molar-refractivity contribution in [3.8, 4) is 0 Å². The van der Waals surface area contributed by atoms with Crippen LogP contribution in [0.5, 0.6) is 0 Å². The number of carbonyl (C=O) groups excluding carboxylic acids is 1. The fourth-order valence-corrected chi connectivity index (χ4v) is 4.60. The van der Waals surface area contributed by atoms with Gasteiger partial charge >= 0.3 is 0 Å². The van der Waals surface area contributed by atoms with Gasteiger partial charge in [0.25, 0.3) is 5.91 Å². The smallest absolute Gasteiger partial charge is 0.261 e. The lowest BCUT2D eigenvalue weighted by molar-refractivity contribution is -0.880. The third-order valence-electron chi connectivity index (χ3n) is 5.29. The molecule has 0 spiro atoms. The van der Waals surface area contributed by atoms with E-state index in [0.29, 0.717) is 6.54 Å². The molecule has 4 rings (SSSR count). The van der Waals surface area contributed by atoms with Crippen molar-refractivity contribution < 1.29 is 9.69 Å². The van der Waals surface area contributed by atoms with E-state index in [-0.39, 0.29) is 5.91 Å². The highest BCUT2D eigenvalue weighted by Crippen LogP contribution is 2.27. The Hall–Kier alpha value is -2.38. The molecule has 2 aromatic heterocycles. The molecule has 0 atom stereocenters. The lowest BCUT2D eigenvalue weighted by atomic mass is 10.1. The molecule has 3 heterocycles. The first-order chi connectivity index (χ1) is 13.0. The maximum absolute atomic E-state index is 12.5. The molecule has 7 heteroatoms. The number of aryl methyl sites for hydroxylation is 2. The number of benzene rings is 1. The van der Waals surface area contributed by atoms with Gasteiger partial charge in [-0.15, -0.1) is 11.3 Å². The van der Waals surface area contributed by atoms with Crippen molar-refractivity contribution in [2.45, 2.75) is 13.5 Å². The average molecular weight is 385 g/mol. The van der Waals surface area contributed by atoms with Gasteiger partial charge in [0.05, 0.1) is 43.8 Å². The molecular weight excluding hydrogens is 358 g/mol. The minimum Gasteiger partial charge on any atom is -0.360 e. The molecule has 1 aromatic carbocycles. The maximum atomic E-state index is 12.5. The van der Waals surface area contributed by atoms with Gasteiger partial charge in [-0.05, 0) is 30.7 Å². The summed E-state index contributed by atoms with van der Waals surface area (Å²) in [6, 6.07) is 10.5. The monoisotopic (exact) mass is 384 g/mol. The van der Waals surface area contributed by atoms with E-state index in [1.165, 1.54) is 30.1 Å². The molecule has 1 amide bonds. The molecule has 2 N–H and O–H groups in total. The Labute approximate surface area is 163 Å². The number of hydrogen-bond acceptors (Lipinski definition) is 4. The van der Waals surface area contributed by atoms with Gasteiger partial charge in [0.2, 0.25) is 0 Å². The van der Waals surface area contributed by atoms with Crippen LogP contribution in [-0.2, 0) is 13.6 Å². The molecule has 3 aromatic rings. The number of likely N-dealkylation sites (N-methyl/N-ethyl adjacent to an activating group) is 1. The van der Waals surface area contributed by atoms with Crippen LogP contribution < -0.4 is 15.1 Å². The molecule has 1 aliphatic heterocycles. The topological polar surface area (TPSA) is 54.6 Å². The van der Waals surface area contributed by atoms with Gasteiger partial charge in [-0.2, -0.15) is 5.10 Å². The number of hydrogen-bond donors (Lipinski definition) is 2. The number of nitrogens with zero attached hydrogens (tertiary/aromatic N) is 3. The zero-order valence-electron chi connectivity index (χ0n) is 16.1. The SMILES string of the molecule is Cc1nn(C)c2sc(C(=O)NCc3ccc(N4CC[NH+](C)CC4)cc3)cc12. The Bertz CT molecular complexity index is 916. The molecule has 1 fully saturated rings. The van der Waals surface area contributed by atoms with Gasteiger partial charge < -0.3 is 15.1 Å². The van der Waals surface area contributed by atoms with Gasteiger partial charge in [0.15, 0.2) is 0 Å². The number of nitrogens with one attached hydrogen (secondary N) is 2. The van der Waals surface area contributed by atoms with Crippen LogP contribution in [-0.4, -0.2) is 48.9 Å². The third kappa shape index (κ3) is 3.70. The van der Waals surface area contributed by atoms with Crippen LogP contribution in [0, 0.1) is 6.92 Å². The van der Waals surface area contributed by atoms with E-state index in [1.807, 2.05) is 24.7 Å². The first-order valence-electron chi connectivity index (χ1n) is 9.38. The molecule has 142 valence electrons. The summed E-state index contributed by atoms with van der Waals surface area (Å²) in [6.07, 6.45) is 0. The number of carbonyl (C=O) groups is 1. The number of aromatic nitrogens is 2. The van der Waals surface area contributed by atoms with E-state index < -0.39 is 0 Å². The molecule has 0 saturated carbocycles. The van der Waals surface area contributed by atoms with Gasteiger partial charge in [-0.25, -0.2) is 0 Å². The predicted molar refractivity (Wildman–Crippen MR) is 110 cm³/mol. The molecule has 0 unspecified atom stereocenters. The zero-order valence-corrected chi connectivity index (χ0v) is 16.9. The highest BCUT2D eigenvalue weighted by atomic mass is 32.1. The van der Waals surface area contributed by atoms with E-state index in [2.05, 4.69) is 46.6 Å². The quantitative estimate of drug-likeness (QED) is 0.711. The Morgan fingerprint density at radius 3 is 2.63 bits per heavy atom. The summed E-state index contributed by atoms with van der Waals surface area (Å²) in [6.45, 7) is 7.08. The van der Waals surface area contributed by atoms with Crippen LogP contribution >= 0.6 is 11.3 Å². The molecule has 1 aliphatic rings. The van der Waals surface area contributed by atoms with Crippen molar-refractivity contribution in [2.75, 3.05) is 38.1 Å². The lowest BCUT2D eigenvalue weighted by Crippen LogP contribution is -3.12. The zero-order chi connectivity index (χ0) is 19.0. The first-order valence-corrected chi connectivity index (χ1v) is 10.2. The van der Waals surface area contributed by atoms with E-state index in [4.69, 9.17) is 0 Å². The summed E-state index contributed by atoms with van der Waals surface area (Å²) < 4.78 is 1.84. The highest BCUT2D eigenvalue weighted by molar-refractivity contribution is 7.20. The normalized spacial score (nSPS) is 15.4. The standard InChI is InChI=1S/C20H25N5OS/c1-14-17-12-18(27-20(17)24(3)22-14)19(26)21-13-15-4-6-16(7-5-15)25-10-8-23(2)9-11-25/h4-7,12H,8-11,13H2,1-3H3,(H,21,26)/p+1. The molecule has 27 heavy (non-hydrogen) atoms. The minimum absolute atomic E-state index is 0.0262. The number of rotatable bonds is 4. The Kier molecular flexibility index (Phi) is 4.88. The molecule has 0 bridgehead atoms. The fraction of sp³-hybridized carbons (Fsp3) is 0.400. The molecule has 0 aliphatic carbocycles. The van der Waals surface area contributed by atoms with Crippen LogP contribution in [0.4, 0.5) is 5.69 Å². The van der Waals surface area contributed by atoms with Crippen LogP contribution in [0.15, 0.2) is 30.3 Å². The summed E-state index contributed by atoms with van der Waals surface area (Å²) >= 11 is 1.49.